The van der Waals surface area contributed by atoms with E-state index in [-0.39, 0.29) is 12.3 Å². The van der Waals surface area contributed by atoms with E-state index in [2.05, 4.69) is 10.1 Å². The van der Waals surface area contributed by atoms with Crippen LogP contribution in [0, 0.1) is 5.92 Å². The highest BCUT2D eigenvalue weighted by molar-refractivity contribution is 5.96. The van der Waals surface area contributed by atoms with E-state index in [1.807, 2.05) is 0 Å². The molecule has 5 nitrogen and oxygen atoms in total. The zero-order chi connectivity index (χ0) is 12.8. The number of methoxy groups -OCH3 is 1. The summed E-state index contributed by atoms with van der Waals surface area (Å²) in [4.78, 5) is 22.8. The highest BCUT2D eigenvalue weighted by Crippen LogP contribution is 2.18. The van der Waals surface area contributed by atoms with Crippen molar-refractivity contribution in [2.45, 2.75) is 13.3 Å². The summed E-state index contributed by atoms with van der Waals surface area (Å²) in [5.41, 5.74) is 6.73. The van der Waals surface area contributed by atoms with Crippen LogP contribution in [0.5, 0.6) is 0 Å². The Morgan fingerprint density at radius 3 is 2.65 bits per heavy atom. The Morgan fingerprint density at radius 2 is 2.06 bits per heavy atom. The fraction of sp³-hybridized carbons (Fsp3) is 0.333. The predicted octanol–water partition coefficient (Wildman–Crippen LogP) is 1.41. The van der Waals surface area contributed by atoms with Crippen LogP contribution in [0.1, 0.15) is 13.3 Å². The van der Waals surface area contributed by atoms with Gasteiger partial charge in [-0.15, -0.1) is 0 Å². The number of carbonyl (C=O) groups is 2. The molecule has 92 valence electrons. The number of nitrogens with one attached hydrogen (secondary N) is 1. The molecule has 0 saturated carbocycles. The van der Waals surface area contributed by atoms with Gasteiger partial charge in [0.15, 0.2) is 0 Å². The van der Waals surface area contributed by atoms with Crippen LogP contribution < -0.4 is 11.1 Å². The summed E-state index contributed by atoms with van der Waals surface area (Å²) in [6.07, 6.45) is 0.0507. The monoisotopic (exact) mass is 236 g/mol. The molecule has 0 aliphatic heterocycles. The summed E-state index contributed by atoms with van der Waals surface area (Å²) in [5.74, 6) is -1.12. The maximum absolute atomic E-state index is 11.7. The zero-order valence-electron chi connectivity index (χ0n) is 9.90. The van der Waals surface area contributed by atoms with Crippen molar-refractivity contribution in [3.05, 3.63) is 24.3 Å². The van der Waals surface area contributed by atoms with Gasteiger partial charge in [-0.05, 0) is 12.1 Å². The lowest BCUT2D eigenvalue weighted by Gasteiger charge is -2.12. The average Bonchev–Trinajstić information content (AvgIpc) is 2.31. The second-order valence-electron chi connectivity index (χ2n) is 3.76. The van der Waals surface area contributed by atoms with Crippen molar-refractivity contribution in [2.24, 2.45) is 5.92 Å². The summed E-state index contributed by atoms with van der Waals surface area (Å²) < 4.78 is 4.50. The Morgan fingerprint density at radius 1 is 1.41 bits per heavy atom. The number of anilines is 2. The van der Waals surface area contributed by atoms with Gasteiger partial charge in [0.05, 0.1) is 24.9 Å². The van der Waals surface area contributed by atoms with Crippen LogP contribution in [-0.2, 0) is 14.3 Å². The van der Waals surface area contributed by atoms with Crippen LogP contribution in [0.4, 0.5) is 11.4 Å². The molecule has 0 radical (unpaired) electrons. The van der Waals surface area contributed by atoms with E-state index in [1.54, 1.807) is 31.2 Å². The molecule has 0 aromatic heterocycles. The van der Waals surface area contributed by atoms with Gasteiger partial charge in [0.2, 0.25) is 5.91 Å². The van der Waals surface area contributed by atoms with Crippen LogP contribution in [0.15, 0.2) is 24.3 Å². The van der Waals surface area contributed by atoms with Crippen LogP contribution in [0.2, 0.25) is 0 Å². The van der Waals surface area contributed by atoms with E-state index in [1.165, 1.54) is 7.11 Å². The molecule has 0 fully saturated rings. The highest BCUT2D eigenvalue weighted by atomic mass is 16.5. The molecule has 1 amide bonds. The topological polar surface area (TPSA) is 81.4 Å². The van der Waals surface area contributed by atoms with Crippen LogP contribution >= 0.6 is 0 Å². The van der Waals surface area contributed by atoms with Crippen molar-refractivity contribution < 1.29 is 14.3 Å². The number of ether oxygens (including phenoxy) is 1. The van der Waals surface area contributed by atoms with Crippen molar-refractivity contribution in [3.63, 3.8) is 0 Å². The zero-order valence-corrected chi connectivity index (χ0v) is 9.90. The lowest BCUT2D eigenvalue weighted by atomic mass is 10.1. The largest absolute Gasteiger partial charge is 0.469 e. The predicted molar refractivity (Wildman–Crippen MR) is 65.3 cm³/mol. The van der Waals surface area contributed by atoms with E-state index in [0.717, 1.165) is 0 Å². The van der Waals surface area contributed by atoms with Gasteiger partial charge in [0.1, 0.15) is 0 Å². The van der Waals surface area contributed by atoms with Crippen molar-refractivity contribution >= 4 is 23.3 Å². The Kier molecular flexibility index (Phi) is 4.51. The molecule has 0 aliphatic carbocycles. The van der Waals surface area contributed by atoms with Gasteiger partial charge < -0.3 is 15.8 Å². The normalized spacial score (nSPS) is 11.6. The number of para-hydroxylation sites is 2. The number of nitrogens with two attached hydrogens (primary N) is 1. The van der Waals surface area contributed by atoms with Gasteiger partial charge in [-0.3, -0.25) is 9.59 Å². The van der Waals surface area contributed by atoms with Gasteiger partial charge >= 0.3 is 5.97 Å². The van der Waals surface area contributed by atoms with E-state index in [9.17, 15) is 9.59 Å². The number of amides is 1. The first-order valence-electron chi connectivity index (χ1n) is 5.26. The Labute approximate surface area is 99.9 Å². The van der Waals surface area contributed by atoms with Gasteiger partial charge in [-0.2, -0.15) is 0 Å². The van der Waals surface area contributed by atoms with Crippen molar-refractivity contribution in [2.75, 3.05) is 18.2 Å². The van der Waals surface area contributed by atoms with Gasteiger partial charge in [-0.25, -0.2) is 0 Å². The van der Waals surface area contributed by atoms with Crippen LogP contribution in [-0.4, -0.2) is 19.0 Å². The molecule has 0 unspecified atom stereocenters. The van der Waals surface area contributed by atoms with E-state index >= 15 is 0 Å². The fourth-order valence-electron chi connectivity index (χ4n) is 1.29. The summed E-state index contributed by atoms with van der Waals surface area (Å²) in [6, 6.07) is 6.96. The molecular weight excluding hydrogens is 220 g/mol. The second-order valence-corrected chi connectivity index (χ2v) is 3.76. The van der Waals surface area contributed by atoms with Crippen molar-refractivity contribution in [3.8, 4) is 0 Å². The maximum atomic E-state index is 11.7. The van der Waals surface area contributed by atoms with Crippen molar-refractivity contribution in [1.29, 1.82) is 0 Å². The quantitative estimate of drug-likeness (QED) is 0.611. The summed E-state index contributed by atoms with van der Waals surface area (Å²) >= 11 is 0. The average molecular weight is 236 g/mol. The number of esters is 1. The molecule has 3 N–H and O–H groups in total. The molecule has 0 aliphatic rings. The third-order valence-corrected chi connectivity index (χ3v) is 2.37. The molecule has 17 heavy (non-hydrogen) atoms. The first-order chi connectivity index (χ1) is 8.04. The lowest BCUT2D eigenvalue weighted by Crippen LogP contribution is -2.23. The summed E-state index contributed by atoms with van der Waals surface area (Å²) in [6.45, 7) is 1.66. The Balaban J connectivity index is 2.60. The van der Waals surface area contributed by atoms with Gasteiger partial charge in [0, 0.05) is 5.92 Å². The molecule has 0 saturated heterocycles. The lowest BCUT2D eigenvalue weighted by molar-refractivity contribution is -0.143. The smallest absolute Gasteiger partial charge is 0.306 e. The van der Waals surface area contributed by atoms with E-state index in [4.69, 9.17) is 5.73 Å². The third kappa shape index (κ3) is 3.79. The minimum Gasteiger partial charge on any atom is -0.469 e. The van der Waals surface area contributed by atoms with Crippen LogP contribution in [0.3, 0.4) is 0 Å². The Bertz CT molecular complexity index is 418. The number of rotatable bonds is 4. The summed E-state index contributed by atoms with van der Waals surface area (Å²) in [5, 5.41) is 2.67. The number of carbonyl (C=O) groups excluding carboxylic acids is 2. The van der Waals surface area contributed by atoms with Gasteiger partial charge in [-0.1, -0.05) is 19.1 Å². The van der Waals surface area contributed by atoms with Crippen LogP contribution in [0.25, 0.3) is 0 Å². The molecular formula is C12H16N2O3. The molecule has 5 heteroatoms. The van der Waals surface area contributed by atoms with Gasteiger partial charge in [0.25, 0.3) is 0 Å². The summed E-state index contributed by atoms with van der Waals surface area (Å²) in [7, 11) is 1.29. The molecule has 1 atom stereocenters. The van der Waals surface area contributed by atoms with Crippen molar-refractivity contribution in [1.82, 2.24) is 0 Å². The van der Waals surface area contributed by atoms with E-state index < -0.39 is 11.9 Å². The number of nitrogen functional groups attached to an aromatic ring is 1. The van der Waals surface area contributed by atoms with E-state index in [0.29, 0.717) is 11.4 Å². The fourth-order valence-corrected chi connectivity index (χ4v) is 1.29. The standard InChI is InChI=1S/C12H16N2O3/c1-8(7-11(15)17-2)12(16)14-10-6-4-3-5-9(10)13/h3-6,8H,7,13H2,1-2H3,(H,14,16)/t8-/m0/s1. The second kappa shape index (κ2) is 5.89. The highest BCUT2D eigenvalue weighted by Gasteiger charge is 2.17. The minimum atomic E-state index is -0.456. The number of benzene rings is 1. The third-order valence-electron chi connectivity index (χ3n) is 2.37. The Hall–Kier alpha value is -2.04. The maximum Gasteiger partial charge on any atom is 0.306 e. The SMILES string of the molecule is COC(=O)C[C@H](C)C(=O)Nc1ccccc1N. The first kappa shape index (κ1) is 13.0. The molecule has 0 spiro atoms. The first-order valence-corrected chi connectivity index (χ1v) is 5.26. The molecule has 1 aromatic carbocycles. The molecule has 1 aromatic rings. The number of hydrogen-bond donors (Lipinski definition) is 2. The molecule has 0 bridgehead atoms. The molecule has 0 heterocycles. The molecule has 1 rings (SSSR count). The minimum absolute atomic E-state index is 0.0507. The number of hydrogen-bond acceptors (Lipinski definition) is 4.